The molecule has 7 heteroatoms. The minimum atomic E-state index is -4.75. The number of ether oxygens (including phenoxy) is 1. The summed E-state index contributed by atoms with van der Waals surface area (Å²) in [5, 5.41) is 12.2. The van der Waals surface area contributed by atoms with Gasteiger partial charge in [-0.1, -0.05) is 17.7 Å². The van der Waals surface area contributed by atoms with Crippen LogP contribution < -0.4 is 10.1 Å². The molecular weight excluding hydrogens is 305 g/mol. The van der Waals surface area contributed by atoms with Gasteiger partial charge in [-0.25, -0.2) is 0 Å². The number of rotatable bonds is 3. The van der Waals surface area contributed by atoms with Crippen LogP contribution >= 0.6 is 11.6 Å². The first-order valence-corrected chi connectivity index (χ1v) is 6.08. The highest BCUT2D eigenvalue weighted by atomic mass is 35.5. The highest BCUT2D eigenvalue weighted by Crippen LogP contribution is 2.28. The van der Waals surface area contributed by atoms with E-state index in [1.165, 1.54) is 24.3 Å². The molecule has 0 amide bonds. The van der Waals surface area contributed by atoms with Gasteiger partial charge in [-0.05, 0) is 30.3 Å². The second-order valence-electron chi connectivity index (χ2n) is 4.00. The van der Waals surface area contributed by atoms with Gasteiger partial charge in [0.1, 0.15) is 11.8 Å². The SMILES string of the molecule is N#Cc1cc(Cl)ccc1Nc1cccc(OC(F)(F)F)c1. The average molecular weight is 313 g/mol. The zero-order valence-electron chi connectivity index (χ0n) is 10.4. The highest BCUT2D eigenvalue weighted by molar-refractivity contribution is 6.30. The number of halogens is 4. The lowest BCUT2D eigenvalue weighted by Crippen LogP contribution is -2.17. The van der Waals surface area contributed by atoms with E-state index in [4.69, 9.17) is 16.9 Å². The van der Waals surface area contributed by atoms with Crippen molar-refractivity contribution in [3.8, 4) is 11.8 Å². The molecule has 0 atom stereocenters. The highest BCUT2D eigenvalue weighted by Gasteiger charge is 2.31. The predicted molar refractivity (Wildman–Crippen MR) is 72.6 cm³/mol. The summed E-state index contributed by atoms with van der Waals surface area (Å²) in [4.78, 5) is 0. The Hall–Kier alpha value is -2.39. The molecule has 3 nitrogen and oxygen atoms in total. The maximum absolute atomic E-state index is 12.2. The van der Waals surface area contributed by atoms with E-state index in [0.717, 1.165) is 0 Å². The van der Waals surface area contributed by atoms with Gasteiger partial charge in [0.05, 0.1) is 11.3 Å². The van der Waals surface area contributed by atoms with Crippen LogP contribution in [-0.2, 0) is 0 Å². The Bertz CT molecular complexity index is 695. The molecule has 2 aromatic rings. The molecule has 2 aromatic carbocycles. The molecule has 0 bridgehead atoms. The van der Waals surface area contributed by atoms with Gasteiger partial charge in [0.25, 0.3) is 0 Å². The van der Waals surface area contributed by atoms with E-state index in [9.17, 15) is 13.2 Å². The average Bonchev–Trinajstić information content (AvgIpc) is 2.39. The number of anilines is 2. The number of alkyl halides is 3. The van der Waals surface area contributed by atoms with Crippen molar-refractivity contribution >= 4 is 23.0 Å². The van der Waals surface area contributed by atoms with Crippen molar-refractivity contribution in [1.29, 1.82) is 5.26 Å². The Morgan fingerprint density at radius 3 is 2.57 bits per heavy atom. The molecule has 1 N–H and O–H groups in total. The molecule has 2 rings (SSSR count). The number of nitriles is 1. The van der Waals surface area contributed by atoms with E-state index in [-0.39, 0.29) is 11.3 Å². The monoisotopic (exact) mass is 312 g/mol. The Kier molecular flexibility index (Phi) is 4.24. The minimum absolute atomic E-state index is 0.282. The number of hydrogen-bond acceptors (Lipinski definition) is 3. The third kappa shape index (κ3) is 4.29. The van der Waals surface area contributed by atoms with Gasteiger partial charge in [-0.15, -0.1) is 13.2 Å². The van der Waals surface area contributed by atoms with Gasteiger partial charge in [0, 0.05) is 16.8 Å². The third-order valence-corrected chi connectivity index (χ3v) is 2.68. The van der Waals surface area contributed by atoms with Crippen molar-refractivity contribution in [3.05, 3.63) is 53.1 Å². The lowest BCUT2D eigenvalue weighted by atomic mass is 10.2. The molecule has 0 aliphatic carbocycles. The lowest BCUT2D eigenvalue weighted by molar-refractivity contribution is -0.274. The first-order valence-electron chi connectivity index (χ1n) is 5.70. The van der Waals surface area contributed by atoms with Crippen LogP contribution in [0.2, 0.25) is 5.02 Å². The Morgan fingerprint density at radius 2 is 1.90 bits per heavy atom. The first-order chi connectivity index (χ1) is 9.87. The summed E-state index contributed by atoms with van der Waals surface area (Å²) in [6.07, 6.45) is -4.75. The van der Waals surface area contributed by atoms with Crippen LogP contribution in [0.1, 0.15) is 5.56 Å². The smallest absolute Gasteiger partial charge is 0.406 e. The zero-order valence-corrected chi connectivity index (χ0v) is 11.2. The minimum Gasteiger partial charge on any atom is -0.406 e. The zero-order chi connectivity index (χ0) is 15.5. The Balaban J connectivity index is 2.25. The van der Waals surface area contributed by atoms with Gasteiger partial charge in [-0.2, -0.15) is 5.26 Å². The fourth-order valence-corrected chi connectivity index (χ4v) is 1.82. The van der Waals surface area contributed by atoms with Crippen molar-refractivity contribution in [1.82, 2.24) is 0 Å². The van der Waals surface area contributed by atoms with Gasteiger partial charge in [0.2, 0.25) is 0 Å². The van der Waals surface area contributed by atoms with Gasteiger partial charge in [-0.3, -0.25) is 0 Å². The maximum atomic E-state index is 12.2. The maximum Gasteiger partial charge on any atom is 0.573 e. The van der Waals surface area contributed by atoms with Crippen LogP contribution in [0.5, 0.6) is 5.75 Å². The van der Waals surface area contributed by atoms with Gasteiger partial charge >= 0.3 is 6.36 Å². The number of nitrogens with zero attached hydrogens (tertiary/aromatic N) is 1. The largest absolute Gasteiger partial charge is 0.573 e. The van der Waals surface area contributed by atoms with Crippen molar-refractivity contribution in [2.24, 2.45) is 0 Å². The van der Waals surface area contributed by atoms with Crippen molar-refractivity contribution in [3.63, 3.8) is 0 Å². The molecule has 0 saturated heterocycles. The van der Waals surface area contributed by atoms with Crippen LogP contribution in [-0.4, -0.2) is 6.36 Å². The van der Waals surface area contributed by atoms with E-state index in [2.05, 4.69) is 10.1 Å². The molecule has 0 radical (unpaired) electrons. The van der Waals surface area contributed by atoms with Crippen LogP contribution in [0.3, 0.4) is 0 Å². The standard InChI is InChI=1S/C14H8ClF3N2O/c15-10-4-5-13(9(6-10)8-19)20-11-2-1-3-12(7-11)21-14(16,17)18/h1-7,20H. The number of hydrogen-bond donors (Lipinski definition) is 1. The number of benzene rings is 2. The summed E-state index contributed by atoms with van der Waals surface area (Å²) < 4.78 is 40.3. The fraction of sp³-hybridized carbons (Fsp3) is 0.0714. The number of nitrogens with one attached hydrogen (secondary N) is 1. The molecule has 21 heavy (non-hydrogen) atoms. The molecule has 0 spiro atoms. The van der Waals surface area contributed by atoms with E-state index in [1.807, 2.05) is 6.07 Å². The Labute approximate surface area is 123 Å². The normalized spacial score (nSPS) is 10.8. The quantitative estimate of drug-likeness (QED) is 0.880. The fourth-order valence-electron chi connectivity index (χ4n) is 1.64. The van der Waals surface area contributed by atoms with Crippen LogP contribution in [0.4, 0.5) is 24.5 Å². The van der Waals surface area contributed by atoms with Crippen LogP contribution in [0.25, 0.3) is 0 Å². The van der Waals surface area contributed by atoms with Crippen molar-refractivity contribution in [2.75, 3.05) is 5.32 Å². The summed E-state index contributed by atoms with van der Waals surface area (Å²) >= 11 is 5.77. The topological polar surface area (TPSA) is 45.0 Å². The molecule has 0 unspecified atom stereocenters. The second kappa shape index (κ2) is 5.94. The lowest BCUT2D eigenvalue weighted by Gasteiger charge is -2.12. The van der Waals surface area contributed by atoms with Gasteiger partial charge in [0.15, 0.2) is 0 Å². The third-order valence-electron chi connectivity index (χ3n) is 2.45. The summed E-state index contributed by atoms with van der Waals surface area (Å²) in [5.41, 5.74) is 1.08. The van der Waals surface area contributed by atoms with Crippen molar-refractivity contribution < 1.29 is 17.9 Å². The second-order valence-corrected chi connectivity index (χ2v) is 4.44. The van der Waals surface area contributed by atoms with Gasteiger partial charge < -0.3 is 10.1 Å². The summed E-state index contributed by atoms with van der Waals surface area (Å²) in [5.74, 6) is -0.347. The Morgan fingerprint density at radius 1 is 1.14 bits per heavy atom. The van der Waals surface area contributed by atoms with Crippen LogP contribution in [0.15, 0.2) is 42.5 Å². The molecule has 108 valence electrons. The summed E-state index contributed by atoms with van der Waals surface area (Å²) in [6, 6.07) is 11.9. The molecule has 0 aromatic heterocycles. The molecule has 0 fully saturated rings. The summed E-state index contributed by atoms with van der Waals surface area (Å²) in [6.45, 7) is 0. The van der Waals surface area contributed by atoms with E-state index in [1.54, 1.807) is 18.2 Å². The van der Waals surface area contributed by atoms with E-state index >= 15 is 0 Å². The van der Waals surface area contributed by atoms with Crippen LogP contribution in [0, 0.1) is 11.3 Å². The first kappa shape index (κ1) is 15.0. The summed E-state index contributed by atoms with van der Waals surface area (Å²) in [7, 11) is 0. The van der Waals surface area contributed by atoms with E-state index < -0.39 is 6.36 Å². The predicted octanol–water partition coefficient (Wildman–Crippen LogP) is 4.85. The molecule has 0 aliphatic rings. The van der Waals surface area contributed by atoms with E-state index in [0.29, 0.717) is 16.4 Å². The van der Waals surface area contributed by atoms with Crippen molar-refractivity contribution in [2.45, 2.75) is 6.36 Å². The molecular formula is C14H8ClF3N2O. The molecule has 0 aliphatic heterocycles. The molecule has 0 heterocycles. The molecule has 0 saturated carbocycles.